The van der Waals surface area contributed by atoms with Gasteiger partial charge in [0.15, 0.2) is 0 Å². The van der Waals surface area contributed by atoms with Gasteiger partial charge in [-0.2, -0.15) is 0 Å². The van der Waals surface area contributed by atoms with Gasteiger partial charge in [-0.25, -0.2) is 4.79 Å². The molecule has 2 atom stereocenters. The van der Waals surface area contributed by atoms with Crippen LogP contribution < -0.4 is 4.74 Å². The highest BCUT2D eigenvalue weighted by atomic mass is 16.6. The van der Waals surface area contributed by atoms with Crippen LogP contribution in [0.2, 0.25) is 0 Å². The molecule has 0 spiro atoms. The van der Waals surface area contributed by atoms with Crippen LogP contribution in [-0.4, -0.2) is 36.3 Å². The predicted molar refractivity (Wildman–Crippen MR) is 64.0 cm³/mol. The average Bonchev–Trinajstić information content (AvgIpc) is 2.29. The van der Waals surface area contributed by atoms with Crippen molar-refractivity contribution in [1.29, 1.82) is 0 Å². The van der Waals surface area contributed by atoms with Gasteiger partial charge in [0.2, 0.25) is 0 Å². The number of rotatable bonds is 1. The monoisotopic (exact) mass is 235 g/mol. The van der Waals surface area contributed by atoms with Crippen molar-refractivity contribution < 1.29 is 14.3 Å². The summed E-state index contributed by atoms with van der Waals surface area (Å²) in [4.78, 5) is 13.6. The molecule has 1 aliphatic rings. The molecule has 1 amide bonds. The number of carbonyl (C=O) groups is 1. The van der Waals surface area contributed by atoms with E-state index in [1.807, 2.05) is 32.0 Å². The molecule has 1 aromatic rings. The lowest BCUT2D eigenvalue weighted by atomic mass is 10.2. The first-order valence-corrected chi connectivity index (χ1v) is 5.82. The number of ether oxygens (including phenoxy) is 2. The Kier molecular flexibility index (Phi) is 3.64. The molecular weight excluding hydrogens is 218 g/mol. The summed E-state index contributed by atoms with van der Waals surface area (Å²) >= 11 is 0. The maximum Gasteiger partial charge on any atom is 0.415 e. The Bertz CT molecular complexity index is 370. The van der Waals surface area contributed by atoms with Crippen molar-refractivity contribution in [3.63, 3.8) is 0 Å². The van der Waals surface area contributed by atoms with E-state index >= 15 is 0 Å². The minimum atomic E-state index is -0.307. The minimum absolute atomic E-state index is 0.0575. The number of para-hydroxylation sites is 1. The van der Waals surface area contributed by atoms with Crippen molar-refractivity contribution in [3.8, 4) is 5.75 Å². The molecule has 1 heterocycles. The van der Waals surface area contributed by atoms with Gasteiger partial charge in [-0.05, 0) is 26.0 Å². The van der Waals surface area contributed by atoms with Crippen molar-refractivity contribution in [2.45, 2.75) is 26.1 Å². The van der Waals surface area contributed by atoms with Crippen molar-refractivity contribution >= 4 is 6.09 Å². The first kappa shape index (κ1) is 11.9. The Hall–Kier alpha value is -1.55. The second-order valence-corrected chi connectivity index (χ2v) is 4.34. The van der Waals surface area contributed by atoms with Crippen molar-refractivity contribution in [1.82, 2.24) is 4.90 Å². The summed E-state index contributed by atoms with van der Waals surface area (Å²) in [5.74, 6) is 0.573. The number of hydrogen-bond donors (Lipinski definition) is 0. The highest BCUT2D eigenvalue weighted by Gasteiger charge is 2.27. The molecule has 0 radical (unpaired) electrons. The summed E-state index contributed by atoms with van der Waals surface area (Å²) < 4.78 is 10.8. The van der Waals surface area contributed by atoms with Crippen LogP contribution in [0.3, 0.4) is 0 Å². The standard InChI is InChI=1S/C13H17NO3/c1-10-8-14(9-11(2)16-10)13(15)17-12-6-4-3-5-7-12/h3-7,10-11H,8-9H2,1-2H3. The van der Waals surface area contributed by atoms with Crippen molar-refractivity contribution in [2.75, 3.05) is 13.1 Å². The van der Waals surface area contributed by atoms with E-state index in [4.69, 9.17) is 9.47 Å². The fourth-order valence-electron chi connectivity index (χ4n) is 1.98. The number of carbonyl (C=O) groups excluding carboxylic acids is 1. The van der Waals surface area contributed by atoms with Gasteiger partial charge >= 0.3 is 6.09 Å². The zero-order chi connectivity index (χ0) is 12.3. The number of amides is 1. The molecule has 1 aromatic carbocycles. The first-order valence-electron chi connectivity index (χ1n) is 5.82. The van der Waals surface area contributed by atoms with E-state index < -0.39 is 0 Å². The van der Waals surface area contributed by atoms with Crippen LogP contribution in [0.1, 0.15) is 13.8 Å². The molecule has 0 aliphatic carbocycles. The van der Waals surface area contributed by atoms with E-state index in [1.165, 1.54) is 0 Å². The molecule has 1 saturated heterocycles. The Morgan fingerprint density at radius 3 is 2.41 bits per heavy atom. The summed E-state index contributed by atoms with van der Waals surface area (Å²) in [6.07, 6.45) is -0.192. The second kappa shape index (κ2) is 5.19. The highest BCUT2D eigenvalue weighted by molar-refractivity contribution is 5.70. The molecular formula is C13H17NO3. The topological polar surface area (TPSA) is 38.8 Å². The van der Waals surface area contributed by atoms with E-state index in [2.05, 4.69) is 0 Å². The van der Waals surface area contributed by atoms with Gasteiger partial charge in [0.05, 0.1) is 25.3 Å². The SMILES string of the molecule is CC1CN(C(=O)Oc2ccccc2)CC(C)O1. The average molecular weight is 235 g/mol. The maximum atomic E-state index is 11.9. The molecule has 4 nitrogen and oxygen atoms in total. The van der Waals surface area contributed by atoms with Crippen LogP contribution in [0.4, 0.5) is 4.79 Å². The Morgan fingerprint density at radius 2 is 1.82 bits per heavy atom. The maximum absolute atomic E-state index is 11.9. The van der Waals surface area contributed by atoms with Gasteiger partial charge in [0.25, 0.3) is 0 Å². The van der Waals surface area contributed by atoms with E-state index in [0.29, 0.717) is 18.8 Å². The predicted octanol–water partition coefficient (Wildman–Crippen LogP) is 2.29. The summed E-state index contributed by atoms with van der Waals surface area (Å²) in [6.45, 7) is 5.07. The van der Waals surface area contributed by atoms with Gasteiger partial charge in [0, 0.05) is 0 Å². The molecule has 92 valence electrons. The van der Waals surface area contributed by atoms with E-state index in [0.717, 1.165) is 0 Å². The fourth-order valence-corrected chi connectivity index (χ4v) is 1.98. The summed E-state index contributed by atoms with van der Waals surface area (Å²) in [5, 5.41) is 0. The van der Waals surface area contributed by atoms with Crippen LogP contribution in [0.25, 0.3) is 0 Å². The summed E-state index contributed by atoms with van der Waals surface area (Å²) in [5.41, 5.74) is 0. The molecule has 0 bridgehead atoms. The number of hydrogen-bond acceptors (Lipinski definition) is 3. The molecule has 17 heavy (non-hydrogen) atoms. The van der Waals surface area contributed by atoms with Gasteiger partial charge < -0.3 is 14.4 Å². The van der Waals surface area contributed by atoms with Gasteiger partial charge in [0.1, 0.15) is 5.75 Å². The van der Waals surface area contributed by atoms with Crippen LogP contribution in [-0.2, 0) is 4.74 Å². The lowest BCUT2D eigenvalue weighted by Gasteiger charge is -2.34. The molecule has 4 heteroatoms. The van der Waals surface area contributed by atoms with E-state index in [1.54, 1.807) is 17.0 Å². The molecule has 2 rings (SSSR count). The lowest BCUT2D eigenvalue weighted by Crippen LogP contribution is -2.49. The molecule has 0 N–H and O–H groups in total. The quantitative estimate of drug-likeness (QED) is 0.749. The van der Waals surface area contributed by atoms with Gasteiger partial charge in [-0.3, -0.25) is 0 Å². The third-order valence-electron chi connectivity index (χ3n) is 2.63. The zero-order valence-electron chi connectivity index (χ0n) is 10.1. The normalized spacial score (nSPS) is 24.5. The first-order chi connectivity index (χ1) is 8.15. The van der Waals surface area contributed by atoms with Crippen molar-refractivity contribution in [3.05, 3.63) is 30.3 Å². The Morgan fingerprint density at radius 1 is 1.24 bits per heavy atom. The number of benzene rings is 1. The largest absolute Gasteiger partial charge is 0.415 e. The van der Waals surface area contributed by atoms with Crippen LogP contribution in [0.5, 0.6) is 5.75 Å². The zero-order valence-corrected chi connectivity index (χ0v) is 10.1. The van der Waals surface area contributed by atoms with Gasteiger partial charge in [-0.1, -0.05) is 18.2 Å². The minimum Gasteiger partial charge on any atom is -0.410 e. The molecule has 1 aliphatic heterocycles. The van der Waals surface area contributed by atoms with Crippen LogP contribution in [0.15, 0.2) is 30.3 Å². The Balaban J connectivity index is 1.96. The third-order valence-corrected chi connectivity index (χ3v) is 2.63. The van der Waals surface area contributed by atoms with Crippen LogP contribution >= 0.6 is 0 Å². The van der Waals surface area contributed by atoms with E-state index in [9.17, 15) is 4.79 Å². The molecule has 0 aromatic heterocycles. The van der Waals surface area contributed by atoms with Crippen molar-refractivity contribution in [2.24, 2.45) is 0 Å². The third kappa shape index (κ3) is 3.20. The van der Waals surface area contributed by atoms with E-state index in [-0.39, 0.29) is 18.3 Å². The summed E-state index contributed by atoms with van der Waals surface area (Å²) in [6, 6.07) is 9.10. The van der Waals surface area contributed by atoms with Crippen LogP contribution in [0, 0.1) is 0 Å². The number of nitrogens with zero attached hydrogens (tertiary/aromatic N) is 1. The molecule has 0 saturated carbocycles. The fraction of sp³-hybridized carbons (Fsp3) is 0.462. The number of morpholine rings is 1. The van der Waals surface area contributed by atoms with Gasteiger partial charge in [-0.15, -0.1) is 0 Å². The second-order valence-electron chi connectivity index (χ2n) is 4.34. The molecule has 1 fully saturated rings. The lowest BCUT2D eigenvalue weighted by molar-refractivity contribution is -0.0592. The summed E-state index contributed by atoms with van der Waals surface area (Å²) in [7, 11) is 0. The Labute approximate surface area is 101 Å². The highest BCUT2D eigenvalue weighted by Crippen LogP contribution is 2.14. The smallest absolute Gasteiger partial charge is 0.410 e. The molecule has 2 unspecified atom stereocenters.